The molecule has 0 radical (unpaired) electrons. The molecule has 1 aromatic carbocycles. The van der Waals surface area contributed by atoms with E-state index in [-0.39, 0.29) is 11.9 Å². The molecule has 1 saturated carbocycles. The summed E-state index contributed by atoms with van der Waals surface area (Å²) in [5.41, 5.74) is 0.892. The number of nitrogens with one attached hydrogen (secondary N) is 2. The number of carbonyl (C=O) groups excluding carboxylic acids is 1. The summed E-state index contributed by atoms with van der Waals surface area (Å²) in [5, 5.41) is 6.60. The highest BCUT2D eigenvalue weighted by Gasteiger charge is 2.34. The van der Waals surface area contributed by atoms with E-state index in [1.165, 1.54) is 35.7 Å². The van der Waals surface area contributed by atoms with Crippen molar-refractivity contribution in [2.24, 2.45) is 5.92 Å². The summed E-state index contributed by atoms with van der Waals surface area (Å²) in [6, 6.07) is 8.50. The summed E-state index contributed by atoms with van der Waals surface area (Å²) in [5.74, 6) is 0.918. The fraction of sp³-hybridized carbons (Fsp3) is 0.562. The molecule has 3 atom stereocenters. The van der Waals surface area contributed by atoms with Crippen LogP contribution in [0.25, 0.3) is 0 Å². The Hall–Kier alpha value is -0.620. The number of carbonyl (C=O) groups is 1. The smallest absolute Gasteiger partial charge is 0.241 e. The Morgan fingerprint density at radius 3 is 2.65 bits per heavy atom. The zero-order valence-corrected chi connectivity index (χ0v) is 13.7. The third-order valence-corrected chi connectivity index (χ3v) is 5.30. The van der Waals surface area contributed by atoms with E-state index in [0.717, 1.165) is 18.0 Å². The van der Waals surface area contributed by atoms with E-state index in [0.29, 0.717) is 6.04 Å². The zero-order chi connectivity index (χ0) is 13.9. The summed E-state index contributed by atoms with van der Waals surface area (Å²) < 4.78 is 1.18. The van der Waals surface area contributed by atoms with Gasteiger partial charge in [-0.15, -0.1) is 0 Å². The van der Waals surface area contributed by atoms with E-state index in [2.05, 4.69) is 33.2 Å². The van der Waals surface area contributed by atoms with Crippen LogP contribution in [0.1, 0.15) is 38.5 Å². The van der Waals surface area contributed by atoms with Gasteiger partial charge in [0.15, 0.2) is 0 Å². The fourth-order valence-corrected chi connectivity index (χ4v) is 3.82. The monoisotopic (exact) mass is 384 g/mol. The Balaban J connectivity index is 1.58. The molecule has 4 heteroatoms. The second kappa shape index (κ2) is 6.43. The second-order valence-corrected chi connectivity index (χ2v) is 7.19. The van der Waals surface area contributed by atoms with Gasteiger partial charge < -0.3 is 10.6 Å². The molecule has 3 rings (SSSR count). The normalized spacial score (nSPS) is 29.6. The lowest BCUT2D eigenvalue weighted by Crippen LogP contribution is -2.53. The molecular weight excluding hydrogens is 363 g/mol. The van der Waals surface area contributed by atoms with Gasteiger partial charge in [-0.3, -0.25) is 4.79 Å². The molecular formula is C16H21IN2O. The number of rotatable bonds is 2. The van der Waals surface area contributed by atoms with Crippen molar-refractivity contribution in [3.63, 3.8) is 0 Å². The van der Waals surface area contributed by atoms with Crippen molar-refractivity contribution in [2.45, 2.75) is 50.6 Å². The molecule has 0 bridgehead atoms. The lowest BCUT2D eigenvalue weighted by atomic mass is 9.77. The molecule has 1 amide bonds. The molecule has 108 valence electrons. The van der Waals surface area contributed by atoms with Crippen molar-refractivity contribution >= 4 is 34.2 Å². The van der Waals surface area contributed by atoms with Gasteiger partial charge in [0.2, 0.25) is 5.91 Å². The number of halogens is 1. The van der Waals surface area contributed by atoms with Crippen LogP contribution in [0.3, 0.4) is 0 Å². The van der Waals surface area contributed by atoms with Gasteiger partial charge in [-0.1, -0.05) is 12.8 Å². The van der Waals surface area contributed by atoms with Gasteiger partial charge in [-0.25, -0.2) is 0 Å². The summed E-state index contributed by atoms with van der Waals surface area (Å²) >= 11 is 2.27. The summed E-state index contributed by atoms with van der Waals surface area (Å²) in [7, 11) is 0. The van der Waals surface area contributed by atoms with E-state index in [1.807, 2.05) is 24.3 Å². The molecule has 1 saturated heterocycles. The Labute approximate surface area is 134 Å². The van der Waals surface area contributed by atoms with Gasteiger partial charge in [0.1, 0.15) is 0 Å². The molecule has 1 heterocycles. The summed E-state index contributed by atoms with van der Waals surface area (Å²) in [4.78, 5) is 12.4. The minimum absolute atomic E-state index is 0.0198. The third-order valence-electron chi connectivity index (χ3n) is 4.58. The Morgan fingerprint density at radius 1 is 1.10 bits per heavy atom. The van der Waals surface area contributed by atoms with Crippen LogP contribution < -0.4 is 10.6 Å². The SMILES string of the molecule is O=C(Nc1ccc(I)cc1)C1CCC2CCCCC2N1. The molecule has 2 fully saturated rings. The maximum absolute atomic E-state index is 12.4. The molecule has 1 aliphatic heterocycles. The van der Waals surface area contributed by atoms with Gasteiger partial charge >= 0.3 is 0 Å². The van der Waals surface area contributed by atoms with Crippen LogP contribution >= 0.6 is 22.6 Å². The molecule has 3 nitrogen and oxygen atoms in total. The first-order valence-corrected chi connectivity index (χ1v) is 8.63. The highest BCUT2D eigenvalue weighted by atomic mass is 127. The van der Waals surface area contributed by atoms with Crippen LogP contribution in [0.15, 0.2) is 24.3 Å². The third kappa shape index (κ3) is 3.34. The fourth-order valence-electron chi connectivity index (χ4n) is 3.46. The minimum atomic E-state index is -0.0198. The largest absolute Gasteiger partial charge is 0.325 e. The first-order valence-electron chi connectivity index (χ1n) is 7.55. The van der Waals surface area contributed by atoms with E-state index < -0.39 is 0 Å². The lowest BCUT2D eigenvalue weighted by Gasteiger charge is -2.39. The van der Waals surface area contributed by atoms with Crippen molar-refractivity contribution in [1.29, 1.82) is 0 Å². The number of benzene rings is 1. The number of piperidine rings is 1. The molecule has 3 unspecified atom stereocenters. The Bertz CT molecular complexity index is 474. The molecule has 2 aliphatic rings. The Kier molecular flexibility index (Phi) is 4.61. The minimum Gasteiger partial charge on any atom is -0.325 e. The van der Waals surface area contributed by atoms with Crippen LogP contribution in [0.4, 0.5) is 5.69 Å². The number of anilines is 1. The predicted octanol–water partition coefficient (Wildman–Crippen LogP) is 3.54. The topological polar surface area (TPSA) is 41.1 Å². The highest BCUT2D eigenvalue weighted by molar-refractivity contribution is 14.1. The molecule has 1 aromatic rings. The van der Waals surface area contributed by atoms with Crippen molar-refractivity contribution < 1.29 is 4.79 Å². The van der Waals surface area contributed by atoms with E-state index in [9.17, 15) is 4.79 Å². The van der Waals surface area contributed by atoms with Gasteiger partial charge in [-0.2, -0.15) is 0 Å². The van der Waals surface area contributed by atoms with Gasteiger partial charge in [0, 0.05) is 15.3 Å². The number of amides is 1. The van der Waals surface area contributed by atoms with E-state index in [1.54, 1.807) is 0 Å². The quantitative estimate of drug-likeness (QED) is 0.766. The van der Waals surface area contributed by atoms with Crippen LogP contribution in [0.5, 0.6) is 0 Å². The van der Waals surface area contributed by atoms with Crippen molar-refractivity contribution in [2.75, 3.05) is 5.32 Å². The number of hydrogen-bond donors (Lipinski definition) is 2. The standard InChI is InChI=1S/C16H21IN2O/c17-12-6-8-13(9-7-12)18-16(20)15-10-5-11-3-1-2-4-14(11)19-15/h6-9,11,14-15,19H,1-5,10H2,(H,18,20). The Morgan fingerprint density at radius 2 is 1.85 bits per heavy atom. The average Bonchev–Trinajstić information content (AvgIpc) is 2.49. The van der Waals surface area contributed by atoms with Crippen molar-refractivity contribution in [3.8, 4) is 0 Å². The maximum Gasteiger partial charge on any atom is 0.241 e. The van der Waals surface area contributed by atoms with Gasteiger partial charge in [0.25, 0.3) is 0 Å². The lowest BCUT2D eigenvalue weighted by molar-refractivity contribution is -0.119. The molecule has 0 spiro atoms. The van der Waals surface area contributed by atoms with Gasteiger partial charge in [-0.05, 0) is 78.5 Å². The van der Waals surface area contributed by atoms with Crippen LogP contribution in [-0.2, 0) is 4.79 Å². The molecule has 20 heavy (non-hydrogen) atoms. The predicted molar refractivity (Wildman–Crippen MR) is 89.7 cm³/mol. The first kappa shape index (κ1) is 14.3. The first-order chi connectivity index (χ1) is 9.72. The maximum atomic E-state index is 12.4. The highest BCUT2D eigenvalue weighted by Crippen LogP contribution is 2.32. The number of fused-ring (bicyclic) bond motifs is 1. The molecule has 1 aliphatic carbocycles. The van der Waals surface area contributed by atoms with Crippen LogP contribution in [-0.4, -0.2) is 18.0 Å². The van der Waals surface area contributed by atoms with E-state index in [4.69, 9.17) is 0 Å². The van der Waals surface area contributed by atoms with Crippen LogP contribution in [0.2, 0.25) is 0 Å². The summed E-state index contributed by atoms with van der Waals surface area (Å²) in [6.45, 7) is 0. The average molecular weight is 384 g/mol. The second-order valence-electron chi connectivity index (χ2n) is 5.94. The molecule has 2 N–H and O–H groups in total. The van der Waals surface area contributed by atoms with Crippen molar-refractivity contribution in [1.82, 2.24) is 5.32 Å². The van der Waals surface area contributed by atoms with E-state index >= 15 is 0 Å². The van der Waals surface area contributed by atoms with Crippen LogP contribution in [0, 0.1) is 9.49 Å². The molecule has 0 aromatic heterocycles. The van der Waals surface area contributed by atoms with Crippen molar-refractivity contribution in [3.05, 3.63) is 27.8 Å². The zero-order valence-electron chi connectivity index (χ0n) is 11.6. The summed E-state index contributed by atoms with van der Waals surface area (Å²) in [6.07, 6.45) is 7.41. The van der Waals surface area contributed by atoms with Gasteiger partial charge in [0.05, 0.1) is 6.04 Å². The number of hydrogen-bond acceptors (Lipinski definition) is 2.